The largest absolute Gasteiger partial charge is 0.510 e. The SMILES string of the molecule is CONCc1cc(CNCC(C)(C)C)c(O)c2c1C[C@H]1C[C@H]3[C@H](N(C)C)C(O)=C(C(N)=O)C(=O)[C@@]3(O)C(O)=C1C2=O. The van der Waals surface area contributed by atoms with Crippen LogP contribution in [0.1, 0.15) is 54.2 Å². The van der Waals surface area contributed by atoms with Crippen molar-refractivity contribution in [1.29, 1.82) is 0 Å². The number of nitrogens with two attached hydrogens (primary N) is 1. The smallest absolute Gasteiger partial charge is 0.255 e. The molecule has 1 aromatic rings. The van der Waals surface area contributed by atoms with Gasteiger partial charge in [0.25, 0.3) is 5.91 Å². The van der Waals surface area contributed by atoms with Crippen molar-refractivity contribution >= 4 is 17.5 Å². The number of phenolic OH excluding ortho intramolecular Hbond substituents is 1. The van der Waals surface area contributed by atoms with Crippen LogP contribution in [-0.2, 0) is 33.9 Å². The molecule has 0 unspecified atom stereocenters. The average Bonchev–Trinajstić information content (AvgIpc) is 2.85. The number of rotatable bonds is 8. The van der Waals surface area contributed by atoms with Crippen LogP contribution in [0, 0.1) is 17.3 Å². The minimum absolute atomic E-state index is 0.0197. The fraction of sp³-hybridized carbons (Fsp3) is 0.552. The Labute approximate surface area is 238 Å². The normalized spacial score (nSPS) is 26.3. The number of benzene rings is 1. The van der Waals surface area contributed by atoms with Crippen molar-refractivity contribution in [3.8, 4) is 5.75 Å². The van der Waals surface area contributed by atoms with Gasteiger partial charge in [0.05, 0.1) is 18.7 Å². The van der Waals surface area contributed by atoms with E-state index in [1.54, 1.807) is 20.2 Å². The molecule has 0 bridgehead atoms. The second kappa shape index (κ2) is 10.8. The minimum atomic E-state index is -2.67. The van der Waals surface area contributed by atoms with E-state index in [1.165, 1.54) is 12.0 Å². The van der Waals surface area contributed by atoms with Crippen LogP contribution in [0.25, 0.3) is 0 Å². The standard InChI is InChI=1S/C29H40N4O8/c1-28(2,3)12-31-10-15-7-14(11-32-41-6)16-8-13-9-17-21(33(4)5)24(36)20(27(30)39)26(38)29(17,40)25(37)18(13)23(35)19(16)22(15)34/h7,13,17,21,31-32,34,36-37,40H,8-12H2,1-6H3,(H2,30,39)/t13-,17-,21-,29-/m0/s1. The van der Waals surface area contributed by atoms with E-state index >= 15 is 0 Å². The average molecular weight is 573 g/mol. The summed E-state index contributed by atoms with van der Waals surface area (Å²) in [6.07, 6.45) is 0.233. The fourth-order valence-corrected chi connectivity index (χ4v) is 6.47. The van der Waals surface area contributed by atoms with Crippen molar-refractivity contribution < 1.29 is 39.6 Å². The number of hydroxylamine groups is 1. The third kappa shape index (κ3) is 5.04. The van der Waals surface area contributed by atoms with Crippen LogP contribution < -0.4 is 16.5 Å². The Morgan fingerprint density at radius 3 is 2.39 bits per heavy atom. The number of aromatic hydroxyl groups is 1. The molecule has 224 valence electrons. The molecular weight excluding hydrogens is 532 g/mol. The number of hydrogen-bond acceptors (Lipinski definition) is 11. The highest BCUT2D eigenvalue weighted by atomic mass is 16.6. The van der Waals surface area contributed by atoms with Crippen molar-refractivity contribution in [1.82, 2.24) is 15.7 Å². The Bertz CT molecular complexity index is 1360. The van der Waals surface area contributed by atoms with Gasteiger partial charge in [0, 0.05) is 36.7 Å². The number of aliphatic hydroxyl groups is 3. The molecule has 0 heterocycles. The summed E-state index contributed by atoms with van der Waals surface area (Å²) in [6.45, 7) is 7.32. The summed E-state index contributed by atoms with van der Waals surface area (Å²) in [5.41, 5.74) is 6.17. The molecule has 4 atom stereocenters. The number of aliphatic hydroxyl groups excluding tert-OH is 2. The molecule has 3 aliphatic carbocycles. The van der Waals surface area contributed by atoms with Crippen molar-refractivity contribution in [3.63, 3.8) is 0 Å². The van der Waals surface area contributed by atoms with Crippen molar-refractivity contribution in [2.24, 2.45) is 23.0 Å². The molecule has 0 radical (unpaired) electrons. The Hall–Kier alpha value is -3.29. The number of ketones is 2. The molecule has 0 fully saturated rings. The molecule has 1 aromatic carbocycles. The summed E-state index contributed by atoms with van der Waals surface area (Å²) in [5.74, 6) is -6.70. The van der Waals surface area contributed by atoms with E-state index in [9.17, 15) is 34.8 Å². The van der Waals surface area contributed by atoms with Crippen LogP contribution in [0.5, 0.6) is 5.75 Å². The lowest BCUT2D eigenvalue weighted by Crippen LogP contribution is -2.63. The lowest BCUT2D eigenvalue weighted by atomic mass is 9.58. The Morgan fingerprint density at radius 1 is 1.17 bits per heavy atom. The van der Waals surface area contributed by atoms with Crippen LogP contribution in [-0.4, -0.2) is 82.2 Å². The van der Waals surface area contributed by atoms with E-state index in [0.29, 0.717) is 23.2 Å². The van der Waals surface area contributed by atoms with Crippen LogP contribution in [0.4, 0.5) is 0 Å². The van der Waals surface area contributed by atoms with Crippen molar-refractivity contribution in [3.05, 3.63) is 51.0 Å². The maximum atomic E-state index is 14.1. The van der Waals surface area contributed by atoms with Crippen LogP contribution in [0.2, 0.25) is 0 Å². The van der Waals surface area contributed by atoms with Gasteiger partial charge in [-0.15, -0.1) is 0 Å². The topological polar surface area (TPSA) is 195 Å². The van der Waals surface area contributed by atoms with Gasteiger partial charge in [-0.25, -0.2) is 0 Å². The molecular formula is C29H40N4O8. The summed E-state index contributed by atoms with van der Waals surface area (Å²) in [6, 6.07) is 0.761. The Kier molecular flexibility index (Phi) is 8.11. The molecule has 0 aliphatic heterocycles. The number of likely N-dealkylation sites (N-methyl/N-ethyl adjacent to an activating group) is 1. The van der Waals surface area contributed by atoms with Gasteiger partial charge in [0.2, 0.25) is 5.78 Å². The van der Waals surface area contributed by atoms with Gasteiger partial charge in [-0.2, -0.15) is 5.48 Å². The zero-order valence-corrected chi connectivity index (χ0v) is 24.3. The highest BCUT2D eigenvalue weighted by molar-refractivity contribution is 6.24. The van der Waals surface area contributed by atoms with E-state index in [-0.39, 0.29) is 48.2 Å². The van der Waals surface area contributed by atoms with Gasteiger partial charge < -0.3 is 36.3 Å². The lowest BCUT2D eigenvalue weighted by Gasteiger charge is -2.50. The summed E-state index contributed by atoms with van der Waals surface area (Å²) in [4.78, 5) is 46.3. The number of carbonyl (C=O) groups is 3. The zero-order valence-electron chi connectivity index (χ0n) is 24.3. The van der Waals surface area contributed by atoms with Gasteiger partial charge in [-0.3, -0.25) is 19.3 Å². The molecule has 0 saturated heterocycles. The third-order valence-corrected chi connectivity index (χ3v) is 8.27. The quantitative estimate of drug-likeness (QED) is 0.173. The number of Topliss-reactive ketones (excluding diaryl/α,β-unsaturated/α-hetero) is 2. The first kappa shape index (κ1) is 30.7. The summed E-state index contributed by atoms with van der Waals surface area (Å²) in [5, 5.41) is 48.8. The van der Waals surface area contributed by atoms with Gasteiger partial charge >= 0.3 is 0 Å². The number of carbonyl (C=O) groups excluding carboxylic acids is 3. The van der Waals surface area contributed by atoms with Gasteiger partial charge in [0.15, 0.2) is 11.4 Å². The highest BCUT2D eigenvalue weighted by Crippen LogP contribution is 2.52. The molecule has 12 nitrogen and oxygen atoms in total. The van der Waals surface area contributed by atoms with Gasteiger partial charge in [-0.05, 0) is 55.5 Å². The predicted molar refractivity (Wildman–Crippen MR) is 149 cm³/mol. The number of hydrogen-bond donors (Lipinski definition) is 7. The van der Waals surface area contributed by atoms with E-state index < -0.39 is 58.0 Å². The van der Waals surface area contributed by atoms with Crippen LogP contribution in [0.15, 0.2) is 28.7 Å². The molecule has 4 rings (SSSR count). The Balaban J connectivity index is 1.88. The first-order valence-corrected chi connectivity index (χ1v) is 13.5. The molecule has 0 saturated carbocycles. The number of nitrogens with one attached hydrogen (secondary N) is 2. The summed E-state index contributed by atoms with van der Waals surface area (Å²) >= 11 is 0. The molecule has 1 amide bonds. The molecule has 0 spiro atoms. The summed E-state index contributed by atoms with van der Waals surface area (Å²) < 4.78 is 0. The fourth-order valence-electron chi connectivity index (χ4n) is 6.47. The van der Waals surface area contributed by atoms with Gasteiger partial charge in [-0.1, -0.05) is 20.8 Å². The molecule has 0 aromatic heterocycles. The molecule has 41 heavy (non-hydrogen) atoms. The van der Waals surface area contributed by atoms with Crippen LogP contribution in [0.3, 0.4) is 0 Å². The summed E-state index contributed by atoms with van der Waals surface area (Å²) in [7, 11) is 4.65. The molecule has 3 aliphatic rings. The number of phenols is 1. The zero-order chi connectivity index (χ0) is 30.6. The number of amides is 1. The highest BCUT2D eigenvalue weighted by Gasteiger charge is 2.63. The number of nitrogens with zero attached hydrogens (tertiary/aromatic N) is 1. The van der Waals surface area contributed by atoms with Crippen molar-refractivity contribution in [2.75, 3.05) is 27.7 Å². The first-order chi connectivity index (χ1) is 19.1. The van der Waals surface area contributed by atoms with E-state index in [1.807, 2.05) is 0 Å². The second-order valence-electron chi connectivity index (χ2n) is 12.5. The number of primary amides is 1. The monoisotopic (exact) mass is 572 g/mol. The Morgan fingerprint density at radius 2 is 1.83 bits per heavy atom. The van der Waals surface area contributed by atoms with Gasteiger partial charge in [0.1, 0.15) is 22.8 Å². The first-order valence-electron chi connectivity index (χ1n) is 13.5. The van der Waals surface area contributed by atoms with Crippen molar-refractivity contribution in [2.45, 2.75) is 58.3 Å². The van der Waals surface area contributed by atoms with Crippen LogP contribution >= 0.6 is 0 Å². The van der Waals surface area contributed by atoms with E-state index in [2.05, 4.69) is 31.6 Å². The lowest BCUT2D eigenvalue weighted by molar-refractivity contribution is -0.148. The van der Waals surface area contributed by atoms with E-state index in [4.69, 9.17) is 10.6 Å². The van der Waals surface area contributed by atoms with E-state index in [0.717, 1.165) is 0 Å². The minimum Gasteiger partial charge on any atom is -0.510 e. The molecule has 8 N–H and O–H groups in total. The maximum absolute atomic E-state index is 14.1. The maximum Gasteiger partial charge on any atom is 0.255 e. The molecule has 12 heteroatoms. The predicted octanol–water partition coefficient (Wildman–Crippen LogP) is 0.907. The second-order valence-corrected chi connectivity index (χ2v) is 12.5. The number of fused-ring (bicyclic) bond motifs is 3. The third-order valence-electron chi connectivity index (χ3n) is 8.27. The number of allylic oxidation sites excluding steroid dienone is 1.